The average Bonchev–Trinajstić information content (AvgIpc) is 2.72. The number of Topliss-reactive ketones (excluding diaryl/α,β-unsaturated/α-hetero) is 1. The van der Waals surface area contributed by atoms with E-state index in [1.165, 1.54) is 0 Å². The predicted octanol–water partition coefficient (Wildman–Crippen LogP) is 3.13. The molecule has 0 radical (unpaired) electrons. The van der Waals surface area contributed by atoms with E-state index in [2.05, 4.69) is 4.98 Å². The van der Waals surface area contributed by atoms with Gasteiger partial charge in [0.15, 0.2) is 11.5 Å². The van der Waals surface area contributed by atoms with Crippen molar-refractivity contribution in [1.29, 1.82) is 0 Å². The van der Waals surface area contributed by atoms with Crippen LogP contribution in [0.25, 0.3) is 10.6 Å². The second-order valence-electron chi connectivity index (χ2n) is 3.80. The van der Waals surface area contributed by atoms with E-state index in [9.17, 15) is 22.8 Å². The summed E-state index contributed by atoms with van der Waals surface area (Å²) in [5.41, 5.74) is -1.24. The predicted molar refractivity (Wildman–Crippen MR) is 64.4 cm³/mol. The number of halogens is 3. The number of aromatic nitrogens is 1. The summed E-state index contributed by atoms with van der Waals surface area (Å²) in [5.74, 6) is -5.62. The summed E-state index contributed by atoms with van der Waals surface area (Å²) < 4.78 is 40.0. The molecule has 0 unspecified atom stereocenters. The van der Waals surface area contributed by atoms with E-state index < -0.39 is 40.5 Å². The van der Waals surface area contributed by atoms with Gasteiger partial charge in [0.25, 0.3) is 0 Å². The van der Waals surface area contributed by atoms with Gasteiger partial charge in [0.2, 0.25) is 0 Å². The molecule has 0 amide bonds. The van der Waals surface area contributed by atoms with Crippen molar-refractivity contribution in [2.24, 2.45) is 0 Å². The van der Waals surface area contributed by atoms with Crippen molar-refractivity contribution in [1.82, 2.24) is 4.98 Å². The molecule has 2 rings (SSSR count). The molecule has 0 saturated heterocycles. The van der Waals surface area contributed by atoms with Crippen molar-refractivity contribution in [3.8, 4) is 10.6 Å². The van der Waals surface area contributed by atoms with Crippen LogP contribution in [-0.4, -0.2) is 21.8 Å². The van der Waals surface area contributed by atoms with Gasteiger partial charge in [-0.1, -0.05) is 0 Å². The third-order valence-electron chi connectivity index (χ3n) is 2.37. The fourth-order valence-electron chi connectivity index (χ4n) is 1.56. The van der Waals surface area contributed by atoms with Crippen molar-refractivity contribution < 1.29 is 27.9 Å². The van der Waals surface area contributed by atoms with Gasteiger partial charge in [-0.15, -0.1) is 11.3 Å². The molecule has 0 atom stereocenters. The van der Waals surface area contributed by atoms with Crippen LogP contribution in [0.3, 0.4) is 0 Å². The van der Waals surface area contributed by atoms with Gasteiger partial charge >= 0.3 is 5.97 Å². The molecule has 0 bridgehead atoms. The van der Waals surface area contributed by atoms with Gasteiger partial charge in [-0.25, -0.2) is 22.9 Å². The second-order valence-corrected chi connectivity index (χ2v) is 4.80. The lowest BCUT2D eigenvalue weighted by Gasteiger charge is -2.01. The minimum Gasteiger partial charge on any atom is -0.476 e. The Labute approximate surface area is 114 Å². The highest BCUT2D eigenvalue weighted by atomic mass is 32.1. The van der Waals surface area contributed by atoms with Gasteiger partial charge in [-0.2, -0.15) is 0 Å². The zero-order chi connectivity index (χ0) is 15.0. The number of carbonyl (C=O) groups is 2. The first-order valence-electron chi connectivity index (χ1n) is 5.21. The van der Waals surface area contributed by atoms with Crippen molar-refractivity contribution in [2.45, 2.75) is 6.92 Å². The molecule has 1 aromatic heterocycles. The lowest BCUT2D eigenvalue weighted by molar-refractivity contribution is 0.0687. The summed E-state index contributed by atoms with van der Waals surface area (Å²) in [5, 5.41) is 8.57. The number of hydrogen-bond acceptors (Lipinski definition) is 4. The van der Waals surface area contributed by atoms with Crippen LogP contribution >= 0.6 is 11.3 Å². The number of thiazole rings is 1. The second kappa shape index (κ2) is 5.04. The Morgan fingerprint density at radius 3 is 2.15 bits per heavy atom. The van der Waals surface area contributed by atoms with E-state index in [-0.39, 0.29) is 9.88 Å². The van der Waals surface area contributed by atoms with Gasteiger partial charge in [0.1, 0.15) is 27.3 Å². The molecule has 1 aromatic carbocycles. The summed E-state index contributed by atoms with van der Waals surface area (Å²) in [6.07, 6.45) is 0. The summed E-state index contributed by atoms with van der Waals surface area (Å²) in [6, 6.07) is 0.904. The van der Waals surface area contributed by atoms with Gasteiger partial charge in [0, 0.05) is 19.1 Å². The summed E-state index contributed by atoms with van der Waals surface area (Å²) >= 11 is 0.539. The van der Waals surface area contributed by atoms with Crippen molar-refractivity contribution in [3.05, 3.63) is 40.2 Å². The molecule has 20 heavy (non-hydrogen) atoms. The van der Waals surface area contributed by atoms with Crippen molar-refractivity contribution in [3.63, 3.8) is 0 Å². The Bertz CT molecular complexity index is 672. The maximum atomic E-state index is 13.6. The lowest BCUT2D eigenvalue weighted by atomic mass is 10.2. The number of aromatic carboxylic acids is 1. The lowest BCUT2D eigenvalue weighted by Crippen LogP contribution is -2.03. The van der Waals surface area contributed by atoms with Gasteiger partial charge in [-0.3, -0.25) is 4.79 Å². The van der Waals surface area contributed by atoms with E-state index in [1.807, 2.05) is 0 Å². The van der Waals surface area contributed by atoms with Crippen LogP contribution < -0.4 is 0 Å². The fraction of sp³-hybridized carbons (Fsp3) is 0.0833. The first-order chi connectivity index (χ1) is 9.31. The van der Waals surface area contributed by atoms with E-state index in [4.69, 9.17) is 5.11 Å². The molecule has 2 aromatic rings. The van der Waals surface area contributed by atoms with Crippen LogP contribution in [0.2, 0.25) is 0 Å². The zero-order valence-electron chi connectivity index (χ0n) is 9.91. The third-order valence-corrected chi connectivity index (χ3v) is 3.54. The largest absolute Gasteiger partial charge is 0.476 e. The molecular formula is C12H6F3NO3S. The van der Waals surface area contributed by atoms with Crippen LogP contribution in [0.4, 0.5) is 13.2 Å². The van der Waals surface area contributed by atoms with Gasteiger partial charge < -0.3 is 5.11 Å². The minimum absolute atomic E-state index is 0.226. The molecule has 1 heterocycles. The summed E-state index contributed by atoms with van der Waals surface area (Å²) in [4.78, 5) is 25.6. The average molecular weight is 301 g/mol. The summed E-state index contributed by atoms with van der Waals surface area (Å²) in [7, 11) is 0. The molecule has 0 aliphatic heterocycles. The Hall–Kier alpha value is -2.22. The van der Waals surface area contributed by atoms with Gasteiger partial charge in [0.05, 0.1) is 5.56 Å². The van der Waals surface area contributed by atoms with Crippen LogP contribution in [0, 0.1) is 17.5 Å². The molecule has 0 fully saturated rings. The number of carbonyl (C=O) groups excluding carboxylic acids is 1. The molecule has 0 spiro atoms. The number of carboxylic acids is 1. The van der Waals surface area contributed by atoms with Gasteiger partial charge in [-0.05, 0) is 0 Å². The van der Waals surface area contributed by atoms with E-state index >= 15 is 0 Å². The maximum Gasteiger partial charge on any atom is 0.356 e. The molecule has 0 saturated carbocycles. The van der Waals surface area contributed by atoms with Crippen LogP contribution in [0.5, 0.6) is 0 Å². The van der Waals surface area contributed by atoms with Crippen LogP contribution in [0.1, 0.15) is 27.1 Å². The van der Waals surface area contributed by atoms with Crippen LogP contribution in [0.15, 0.2) is 12.1 Å². The highest BCUT2D eigenvalue weighted by Crippen LogP contribution is 2.32. The number of rotatable bonds is 3. The number of ketones is 1. The Balaban J connectivity index is 2.69. The van der Waals surface area contributed by atoms with E-state index in [0.29, 0.717) is 23.5 Å². The quantitative estimate of drug-likeness (QED) is 0.884. The standard InChI is InChI=1S/C12H6F3NO3S/c1-4(17)10-9(12(18)19)16-11(20-10)8-6(14)2-5(13)3-7(8)15/h2-3H,1H3,(H,18,19). The third kappa shape index (κ3) is 2.42. The summed E-state index contributed by atoms with van der Waals surface area (Å²) in [6.45, 7) is 1.11. The first-order valence-corrected chi connectivity index (χ1v) is 6.03. The highest BCUT2D eigenvalue weighted by Gasteiger charge is 2.24. The molecule has 4 nitrogen and oxygen atoms in total. The zero-order valence-corrected chi connectivity index (χ0v) is 10.7. The van der Waals surface area contributed by atoms with E-state index in [1.54, 1.807) is 0 Å². The Morgan fingerprint density at radius 1 is 1.20 bits per heavy atom. The fourth-order valence-corrected chi connectivity index (χ4v) is 2.56. The van der Waals surface area contributed by atoms with E-state index in [0.717, 1.165) is 6.92 Å². The number of carboxylic acid groups (broad SMARTS) is 1. The number of benzene rings is 1. The first kappa shape index (κ1) is 14.2. The molecule has 0 aliphatic carbocycles. The number of hydrogen-bond donors (Lipinski definition) is 1. The monoisotopic (exact) mass is 301 g/mol. The topological polar surface area (TPSA) is 67.3 Å². The highest BCUT2D eigenvalue weighted by molar-refractivity contribution is 7.17. The number of nitrogens with zero attached hydrogens (tertiary/aromatic N) is 1. The molecule has 0 aliphatic rings. The smallest absolute Gasteiger partial charge is 0.356 e. The molecule has 1 N–H and O–H groups in total. The maximum absolute atomic E-state index is 13.6. The Kier molecular flexibility index (Phi) is 3.58. The minimum atomic E-state index is -1.49. The van der Waals surface area contributed by atoms with Crippen molar-refractivity contribution in [2.75, 3.05) is 0 Å². The molecular weight excluding hydrogens is 295 g/mol. The Morgan fingerprint density at radius 2 is 1.75 bits per heavy atom. The SMILES string of the molecule is CC(=O)c1sc(-c2c(F)cc(F)cc2F)nc1C(=O)O. The normalized spacial score (nSPS) is 10.6. The molecule has 8 heteroatoms. The molecule has 104 valence electrons. The van der Waals surface area contributed by atoms with Crippen LogP contribution in [-0.2, 0) is 0 Å². The van der Waals surface area contributed by atoms with Crippen molar-refractivity contribution >= 4 is 23.1 Å².